The first-order valence-electron chi connectivity index (χ1n) is 7.16. The molecule has 0 saturated carbocycles. The Hall–Kier alpha value is -3.28. The molecule has 2 aromatic carbocycles. The van der Waals surface area contributed by atoms with Crippen molar-refractivity contribution >= 4 is 23.0 Å². The van der Waals surface area contributed by atoms with Gasteiger partial charge in [0, 0.05) is 11.4 Å². The summed E-state index contributed by atoms with van der Waals surface area (Å²) in [6.07, 6.45) is 1.46. The summed E-state index contributed by atoms with van der Waals surface area (Å²) >= 11 is 0. The van der Waals surface area contributed by atoms with Crippen LogP contribution in [0.2, 0.25) is 0 Å². The fraction of sp³-hybridized carbons (Fsp3) is 0. The third-order valence-corrected chi connectivity index (χ3v) is 3.19. The number of amides is 1. The molecule has 0 spiro atoms. The zero-order valence-corrected chi connectivity index (χ0v) is 12.5. The highest BCUT2D eigenvalue weighted by Crippen LogP contribution is 2.17. The molecule has 0 saturated heterocycles. The van der Waals surface area contributed by atoms with Gasteiger partial charge < -0.3 is 10.6 Å². The number of hydrogen-bond donors (Lipinski definition) is 2. The van der Waals surface area contributed by atoms with Gasteiger partial charge in [-0.2, -0.15) is 0 Å². The van der Waals surface area contributed by atoms with Crippen molar-refractivity contribution in [2.45, 2.75) is 0 Å². The Morgan fingerprint density at radius 1 is 0.833 bits per heavy atom. The molecule has 1 heterocycles. The summed E-state index contributed by atoms with van der Waals surface area (Å²) in [7, 11) is 0. The van der Waals surface area contributed by atoms with Crippen LogP contribution in [0.15, 0.2) is 66.9 Å². The van der Waals surface area contributed by atoms with Gasteiger partial charge in [-0.05, 0) is 48.5 Å². The second kappa shape index (κ2) is 6.87. The van der Waals surface area contributed by atoms with Gasteiger partial charge >= 0.3 is 0 Å². The Balaban J connectivity index is 1.68. The minimum Gasteiger partial charge on any atom is -0.354 e. The van der Waals surface area contributed by atoms with E-state index in [4.69, 9.17) is 0 Å². The molecule has 0 bridgehead atoms. The Morgan fingerprint density at radius 3 is 2.12 bits per heavy atom. The van der Waals surface area contributed by atoms with E-state index in [1.165, 1.54) is 42.6 Å². The van der Waals surface area contributed by atoms with E-state index < -0.39 is 11.7 Å². The topological polar surface area (TPSA) is 54.0 Å². The van der Waals surface area contributed by atoms with Crippen LogP contribution in [0.3, 0.4) is 0 Å². The number of aromatic nitrogens is 1. The van der Waals surface area contributed by atoms with Crippen molar-refractivity contribution in [2.75, 3.05) is 10.6 Å². The predicted octanol–water partition coefficient (Wildman–Crippen LogP) is 4.36. The molecule has 24 heavy (non-hydrogen) atoms. The van der Waals surface area contributed by atoms with Crippen molar-refractivity contribution < 1.29 is 13.6 Å². The highest BCUT2D eigenvalue weighted by Gasteiger charge is 2.08. The SMILES string of the molecule is O=C(Nc1cccc(F)c1)c1ccc(Nc2cccc(F)c2)cn1. The lowest BCUT2D eigenvalue weighted by Crippen LogP contribution is -2.13. The molecular weight excluding hydrogens is 312 g/mol. The van der Waals surface area contributed by atoms with Crippen LogP contribution in [-0.2, 0) is 0 Å². The summed E-state index contributed by atoms with van der Waals surface area (Å²) < 4.78 is 26.2. The quantitative estimate of drug-likeness (QED) is 0.749. The maximum atomic E-state index is 13.1. The first-order chi connectivity index (χ1) is 11.6. The normalized spacial score (nSPS) is 10.2. The standard InChI is InChI=1S/C18H13F2N3O/c19-12-3-1-5-14(9-12)22-16-7-8-17(21-11-16)18(24)23-15-6-2-4-13(20)10-15/h1-11,22H,(H,23,24). The number of nitrogens with one attached hydrogen (secondary N) is 2. The number of pyridine rings is 1. The van der Waals surface area contributed by atoms with Gasteiger partial charge in [0.15, 0.2) is 0 Å². The van der Waals surface area contributed by atoms with Crippen LogP contribution in [0.25, 0.3) is 0 Å². The number of anilines is 3. The Kier molecular flexibility index (Phi) is 4.47. The van der Waals surface area contributed by atoms with Gasteiger partial charge in [-0.1, -0.05) is 12.1 Å². The van der Waals surface area contributed by atoms with Crippen LogP contribution < -0.4 is 10.6 Å². The Labute approximate surface area is 137 Å². The van der Waals surface area contributed by atoms with E-state index in [1.807, 2.05) is 0 Å². The van der Waals surface area contributed by atoms with Gasteiger partial charge in [-0.25, -0.2) is 13.8 Å². The zero-order valence-electron chi connectivity index (χ0n) is 12.5. The largest absolute Gasteiger partial charge is 0.354 e. The maximum Gasteiger partial charge on any atom is 0.274 e. The third kappa shape index (κ3) is 3.92. The smallest absolute Gasteiger partial charge is 0.274 e. The maximum absolute atomic E-state index is 13.1. The molecule has 0 aliphatic rings. The van der Waals surface area contributed by atoms with Crippen LogP contribution in [0.5, 0.6) is 0 Å². The molecule has 3 rings (SSSR count). The van der Waals surface area contributed by atoms with Crippen molar-refractivity contribution in [1.29, 1.82) is 0 Å². The zero-order chi connectivity index (χ0) is 16.9. The van der Waals surface area contributed by atoms with E-state index in [1.54, 1.807) is 24.3 Å². The minimum atomic E-state index is -0.446. The number of hydrogen-bond acceptors (Lipinski definition) is 3. The molecule has 1 amide bonds. The lowest BCUT2D eigenvalue weighted by Gasteiger charge is -2.08. The van der Waals surface area contributed by atoms with Gasteiger partial charge in [0.1, 0.15) is 17.3 Å². The van der Waals surface area contributed by atoms with Gasteiger partial charge in [-0.15, -0.1) is 0 Å². The number of carbonyl (C=O) groups is 1. The van der Waals surface area contributed by atoms with Crippen molar-refractivity contribution in [1.82, 2.24) is 4.98 Å². The highest BCUT2D eigenvalue weighted by molar-refractivity contribution is 6.02. The second-order valence-electron chi connectivity index (χ2n) is 5.03. The van der Waals surface area contributed by atoms with Crippen LogP contribution >= 0.6 is 0 Å². The van der Waals surface area contributed by atoms with Crippen LogP contribution in [0, 0.1) is 11.6 Å². The van der Waals surface area contributed by atoms with Crippen LogP contribution in [0.4, 0.5) is 25.8 Å². The number of benzene rings is 2. The van der Waals surface area contributed by atoms with Gasteiger partial charge in [0.2, 0.25) is 0 Å². The lowest BCUT2D eigenvalue weighted by molar-refractivity contribution is 0.102. The van der Waals surface area contributed by atoms with Crippen LogP contribution in [-0.4, -0.2) is 10.9 Å². The molecule has 3 aromatic rings. The fourth-order valence-corrected chi connectivity index (χ4v) is 2.10. The summed E-state index contributed by atoms with van der Waals surface area (Å²) in [4.78, 5) is 16.1. The number of carbonyl (C=O) groups excluding carboxylic acids is 1. The molecule has 6 heteroatoms. The second-order valence-corrected chi connectivity index (χ2v) is 5.03. The van der Waals surface area contributed by atoms with E-state index in [2.05, 4.69) is 15.6 Å². The minimum absolute atomic E-state index is 0.184. The van der Waals surface area contributed by atoms with E-state index >= 15 is 0 Å². The predicted molar refractivity (Wildman–Crippen MR) is 88.3 cm³/mol. The highest BCUT2D eigenvalue weighted by atomic mass is 19.1. The molecule has 0 fully saturated rings. The number of halogens is 2. The summed E-state index contributed by atoms with van der Waals surface area (Å²) in [5.41, 5.74) is 1.73. The average Bonchev–Trinajstić information content (AvgIpc) is 2.55. The van der Waals surface area contributed by atoms with Crippen molar-refractivity contribution in [2.24, 2.45) is 0 Å². The molecule has 1 aromatic heterocycles. The third-order valence-electron chi connectivity index (χ3n) is 3.19. The number of rotatable bonds is 4. The van der Waals surface area contributed by atoms with Crippen molar-refractivity contribution in [3.05, 3.63) is 84.2 Å². The molecular formula is C18H13F2N3O. The molecule has 0 aliphatic heterocycles. The van der Waals surface area contributed by atoms with E-state index in [0.717, 1.165) is 0 Å². The fourth-order valence-electron chi connectivity index (χ4n) is 2.10. The average molecular weight is 325 g/mol. The van der Waals surface area contributed by atoms with Gasteiger partial charge in [-0.3, -0.25) is 4.79 Å². The summed E-state index contributed by atoms with van der Waals surface area (Å²) in [6, 6.07) is 14.8. The molecule has 4 nitrogen and oxygen atoms in total. The molecule has 120 valence electrons. The monoisotopic (exact) mass is 325 g/mol. The molecule has 0 atom stereocenters. The first-order valence-corrected chi connectivity index (χ1v) is 7.16. The first kappa shape index (κ1) is 15.6. The van der Waals surface area contributed by atoms with Crippen LogP contribution in [0.1, 0.15) is 10.5 Å². The van der Waals surface area contributed by atoms with Crippen molar-refractivity contribution in [3.8, 4) is 0 Å². The summed E-state index contributed by atoms with van der Waals surface area (Å²) in [5, 5.41) is 5.55. The lowest BCUT2D eigenvalue weighted by atomic mass is 10.2. The number of nitrogens with zero attached hydrogens (tertiary/aromatic N) is 1. The van der Waals surface area contributed by atoms with E-state index in [0.29, 0.717) is 17.1 Å². The molecule has 0 aliphatic carbocycles. The summed E-state index contributed by atoms with van der Waals surface area (Å²) in [5.74, 6) is -1.23. The Bertz CT molecular complexity index is 866. The Morgan fingerprint density at radius 2 is 1.50 bits per heavy atom. The van der Waals surface area contributed by atoms with Gasteiger partial charge in [0.25, 0.3) is 5.91 Å². The molecule has 0 unspecified atom stereocenters. The molecule has 0 radical (unpaired) electrons. The van der Waals surface area contributed by atoms with Crippen molar-refractivity contribution in [3.63, 3.8) is 0 Å². The van der Waals surface area contributed by atoms with E-state index in [9.17, 15) is 13.6 Å². The molecule has 2 N–H and O–H groups in total. The summed E-state index contributed by atoms with van der Waals surface area (Å²) in [6.45, 7) is 0. The van der Waals surface area contributed by atoms with Gasteiger partial charge in [0.05, 0.1) is 11.9 Å². The van der Waals surface area contributed by atoms with E-state index in [-0.39, 0.29) is 11.5 Å².